The Morgan fingerprint density at radius 2 is 2.19 bits per heavy atom. The summed E-state index contributed by atoms with van der Waals surface area (Å²) in [5, 5.41) is 4.44. The Morgan fingerprint density at radius 3 is 2.75 bits per heavy atom. The van der Waals surface area contributed by atoms with Crippen LogP contribution in [0.1, 0.15) is 32.8 Å². The standard InChI is InChI=1S/C13H22N2S/c1-4-11(3)10-16-13-7-6-12(9-15-13)8-14-5-2/h6-7,9,11,14H,4-5,8,10H2,1-3H3. The molecule has 90 valence electrons. The number of hydrogen-bond acceptors (Lipinski definition) is 3. The smallest absolute Gasteiger partial charge is 0.0960 e. The van der Waals surface area contributed by atoms with E-state index in [2.05, 4.69) is 43.2 Å². The number of thioether (sulfide) groups is 1. The largest absolute Gasteiger partial charge is 0.313 e. The van der Waals surface area contributed by atoms with Crippen molar-refractivity contribution in [1.82, 2.24) is 10.3 Å². The molecule has 0 amide bonds. The molecule has 3 heteroatoms. The second-order valence-corrected chi connectivity index (χ2v) is 5.15. The highest BCUT2D eigenvalue weighted by Crippen LogP contribution is 2.19. The lowest BCUT2D eigenvalue weighted by Crippen LogP contribution is -2.11. The van der Waals surface area contributed by atoms with E-state index in [1.807, 2.05) is 18.0 Å². The first-order valence-electron chi connectivity index (χ1n) is 6.04. The van der Waals surface area contributed by atoms with Crippen molar-refractivity contribution < 1.29 is 0 Å². The van der Waals surface area contributed by atoms with Crippen LogP contribution in [-0.2, 0) is 6.54 Å². The number of nitrogens with one attached hydrogen (secondary N) is 1. The van der Waals surface area contributed by atoms with E-state index >= 15 is 0 Å². The molecular formula is C13H22N2S. The summed E-state index contributed by atoms with van der Waals surface area (Å²) < 4.78 is 0. The second kappa shape index (κ2) is 7.69. The van der Waals surface area contributed by atoms with Gasteiger partial charge in [-0.3, -0.25) is 0 Å². The van der Waals surface area contributed by atoms with E-state index in [-0.39, 0.29) is 0 Å². The molecule has 1 atom stereocenters. The number of pyridine rings is 1. The van der Waals surface area contributed by atoms with Gasteiger partial charge in [-0.15, -0.1) is 11.8 Å². The SMILES string of the molecule is CCNCc1ccc(SCC(C)CC)nc1. The van der Waals surface area contributed by atoms with E-state index in [9.17, 15) is 0 Å². The molecule has 0 aliphatic carbocycles. The molecule has 1 heterocycles. The minimum Gasteiger partial charge on any atom is -0.313 e. The maximum Gasteiger partial charge on any atom is 0.0960 e. The Hall–Kier alpha value is -0.540. The first-order valence-corrected chi connectivity index (χ1v) is 7.03. The Balaban J connectivity index is 2.38. The Bertz CT molecular complexity index is 284. The molecule has 0 spiro atoms. The van der Waals surface area contributed by atoms with Crippen LogP contribution in [0.5, 0.6) is 0 Å². The van der Waals surface area contributed by atoms with Crippen molar-refractivity contribution in [3.05, 3.63) is 23.9 Å². The fourth-order valence-corrected chi connectivity index (χ4v) is 2.20. The van der Waals surface area contributed by atoms with Gasteiger partial charge in [-0.25, -0.2) is 4.98 Å². The fraction of sp³-hybridized carbons (Fsp3) is 0.615. The third-order valence-electron chi connectivity index (χ3n) is 2.59. The fourth-order valence-electron chi connectivity index (χ4n) is 1.22. The number of rotatable bonds is 7. The van der Waals surface area contributed by atoms with Crippen molar-refractivity contribution in [2.24, 2.45) is 5.92 Å². The summed E-state index contributed by atoms with van der Waals surface area (Å²) in [6.07, 6.45) is 3.22. The molecule has 0 radical (unpaired) electrons. The zero-order valence-corrected chi connectivity index (χ0v) is 11.3. The zero-order valence-electron chi connectivity index (χ0n) is 10.5. The van der Waals surface area contributed by atoms with Gasteiger partial charge in [0.05, 0.1) is 5.03 Å². The summed E-state index contributed by atoms with van der Waals surface area (Å²) in [5.41, 5.74) is 1.26. The summed E-state index contributed by atoms with van der Waals surface area (Å²) in [6, 6.07) is 4.29. The molecule has 0 bridgehead atoms. The van der Waals surface area contributed by atoms with E-state index in [0.29, 0.717) is 0 Å². The minimum atomic E-state index is 0.772. The lowest BCUT2D eigenvalue weighted by Gasteiger charge is -2.07. The van der Waals surface area contributed by atoms with Crippen LogP contribution >= 0.6 is 11.8 Å². The van der Waals surface area contributed by atoms with Gasteiger partial charge >= 0.3 is 0 Å². The zero-order chi connectivity index (χ0) is 11.8. The number of nitrogens with zero attached hydrogens (tertiary/aromatic N) is 1. The monoisotopic (exact) mass is 238 g/mol. The lowest BCUT2D eigenvalue weighted by molar-refractivity contribution is 0.636. The van der Waals surface area contributed by atoms with Crippen molar-refractivity contribution in [1.29, 1.82) is 0 Å². The average Bonchev–Trinajstić information content (AvgIpc) is 2.34. The summed E-state index contributed by atoms with van der Waals surface area (Å²) in [6.45, 7) is 8.55. The molecule has 2 nitrogen and oxygen atoms in total. The van der Waals surface area contributed by atoms with Crippen LogP contribution in [0.25, 0.3) is 0 Å². The Morgan fingerprint density at radius 1 is 1.38 bits per heavy atom. The lowest BCUT2D eigenvalue weighted by atomic mass is 10.2. The maximum atomic E-state index is 4.46. The first kappa shape index (κ1) is 13.5. The van der Waals surface area contributed by atoms with Crippen LogP contribution in [0.4, 0.5) is 0 Å². The van der Waals surface area contributed by atoms with E-state index in [1.54, 1.807) is 0 Å². The van der Waals surface area contributed by atoms with Gasteiger partial charge in [0.1, 0.15) is 0 Å². The average molecular weight is 238 g/mol. The first-order chi connectivity index (χ1) is 7.76. The Labute approximate surface area is 103 Å². The third-order valence-corrected chi connectivity index (χ3v) is 3.86. The molecule has 1 aromatic heterocycles. The highest BCUT2D eigenvalue weighted by atomic mass is 32.2. The van der Waals surface area contributed by atoms with Gasteiger partial charge in [0.15, 0.2) is 0 Å². The van der Waals surface area contributed by atoms with Gasteiger partial charge in [-0.05, 0) is 24.1 Å². The van der Waals surface area contributed by atoms with Gasteiger partial charge in [0.25, 0.3) is 0 Å². The van der Waals surface area contributed by atoms with Crippen molar-refractivity contribution in [2.75, 3.05) is 12.3 Å². The highest BCUT2D eigenvalue weighted by Gasteiger charge is 2.01. The molecule has 0 fully saturated rings. The van der Waals surface area contributed by atoms with Crippen LogP contribution in [0.3, 0.4) is 0 Å². The van der Waals surface area contributed by atoms with Crippen molar-refractivity contribution in [3.63, 3.8) is 0 Å². The van der Waals surface area contributed by atoms with Gasteiger partial charge in [-0.2, -0.15) is 0 Å². The molecule has 1 N–H and O–H groups in total. The van der Waals surface area contributed by atoms with Crippen molar-refractivity contribution >= 4 is 11.8 Å². The molecule has 0 aromatic carbocycles. The topological polar surface area (TPSA) is 24.9 Å². The maximum absolute atomic E-state index is 4.46. The van der Waals surface area contributed by atoms with Gasteiger partial charge in [0.2, 0.25) is 0 Å². The van der Waals surface area contributed by atoms with Crippen molar-refractivity contribution in [2.45, 2.75) is 38.8 Å². The quantitative estimate of drug-likeness (QED) is 0.738. The molecule has 1 unspecified atom stereocenters. The van der Waals surface area contributed by atoms with Crippen LogP contribution in [0, 0.1) is 5.92 Å². The van der Waals surface area contributed by atoms with Crippen LogP contribution in [0.2, 0.25) is 0 Å². The van der Waals surface area contributed by atoms with Crippen LogP contribution in [-0.4, -0.2) is 17.3 Å². The Kier molecular flexibility index (Phi) is 6.50. The van der Waals surface area contributed by atoms with Crippen LogP contribution in [0.15, 0.2) is 23.4 Å². The normalized spacial score (nSPS) is 12.7. The molecule has 0 aliphatic heterocycles. The van der Waals surface area contributed by atoms with Crippen LogP contribution < -0.4 is 5.32 Å². The highest BCUT2D eigenvalue weighted by molar-refractivity contribution is 7.99. The van der Waals surface area contributed by atoms with Crippen molar-refractivity contribution in [3.8, 4) is 0 Å². The molecule has 16 heavy (non-hydrogen) atoms. The minimum absolute atomic E-state index is 0.772. The van der Waals surface area contributed by atoms with Gasteiger partial charge in [-0.1, -0.05) is 33.3 Å². The summed E-state index contributed by atoms with van der Waals surface area (Å²) in [5.74, 6) is 1.93. The molecule has 0 saturated carbocycles. The molecule has 0 aliphatic rings. The molecular weight excluding hydrogens is 216 g/mol. The molecule has 0 saturated heterocycles. The number of hydrogen-bond donors (Lipinski definition) is 1. The summed E-state index contributed by atoms with van der Waals surface area (Å²) >= 11 is 1.85. The number of aromatic nitrogens is 1. The molecule has 1 aromatic rings. The van der Waals surface area contributed by atoms with E-state index in [4.69, 9.17) is 0 Å². The van der Waals surface area contributed by atoms with E-state index in [1.165, 1.54) is 12.0 Å². The second-order valence-electron chi connectivity index (χ2n) is 4.11. The predicted octanol–water partition coefficient (Wildman–Crippen LogP) is 3.33. The third kappa shape index (κ3) is 4.99. The summed E-state index contributed by atoms with van der Waals surface area (Å²) in [4.78, 5) is 4.46. The van der Waals surface area contributed by atoms with E-state index < -0.39 is 0 Å². The van der Waals surface area contributed by atoms with Gasteiger partial charge in [0, 0.05) is 18.5 Å². The van der Waals surface area contributed by atoms with Gasteiger partial charge < -0.3 is 5.32 Å². The molecule has 1 rings (SSSR count). The summed E-state index contributed by atoms with van der Waals surface area (Å²) in [7, 11) is 0. The van der Waals surface area contributed by atoms with E-state index in [0.717, 1.165) is 29.8 Å². The predicted molar refractivity (Wildman–Crippen MR) is 71.8 cm³/mol.